The zero-order chi connectivity index (χ0) is 20.3. The van der Waals surface area contributed by atoms with Crippen LogP contribution in [-0.4, -0.2) is 10.1 Å². The van der Waals surface area contributed by atoms with E-state index in [0.29, 0.717) is 26.3 Å². The Labute approximate surface area is 179 Å². The van der Waals surface area contributed by atoms with E-state index < -0.39 is 0 Å². The van der Waals surface area contributed by atoms with Crippen molar-refractivity contribution >= 4 is 57.6 Å². The molecule has 0 amide bonds. The number of aromatic nitrogens is 1. The number of para-hydroxylation sites is 1. The number of pyridine rings is 1. The van der Waals surface area contributed by atoms with Crippen LogP contribution in [-0.2, 0) is 0 Å². The highest BCUT2D eigenvalue weighted by Gasteiger charge is 2.24. The van der Waals surface area contributed by atoms with E-state index in [2.05, 4.69) is 5.32 Å². The molecule has 2 aromatic carbocycles. The molecule has 0 atom stereocenters. The summed E-state index contributed by atoms with van der Waals surface area (Å²) < 4.78 is 1.79. The molecule has 142 valence electrons. The molecule has 28 heavy (non-hydrogen) atoms. The number of hydrogen-bond acceptors (Lipinski definition) is 2. The van der Waals surface area contributed by atoms with Crippen molar-refractivity contribution in [1.82, 2.24) is 0 Å². The lowest BCUT2D eigenvalue weighted by atomic mass is 10.1. The quantitative estimate of drug-likeness (QED) is 0.223. The van der Waals surface area contributed by atoms with Crippen LogP contribution in [0.4, 0.5) is 5.69 Å². The Hall–Kier alpha value is -2.40. The Balaban J connectivity index is 2.13. The third kappa shape index (κ3) is 4.53. The van der Waals surface area contributed by atoms with E-state index in [1.165, 1.54) is 0 Å². The second kappa shape index (κ2) is 8.74. The average Bonchev–Trinajstić information content (AvgIpc) is 2.66. The highest BCUT2D eigenvalue weighted by Crippen LogP contribution is 2.27. The smallest absolute Gasteiger partial charge is 0.288 e. The molecule has 3 aromatic rings. The van der Waals surface area contributed by atoms with E-state index >= 15 is 0 Å². The molecular weight excluding hydrogens is 411 g/mol. The van der Waals surface area contributed by atoms with Gasteiger partial charge in [-0.05, 0) is 49.7 Å². The SMILES string of the molecule is Cc1ccc[n+](/C(C(=S)Nc2ccccc2C)=C(\O)c2ccc(Cl)c(Cl)c2)c1. The molecule has 6 heteroatoms. The van der Waals surface area contributed by atoms with Crippen molar-refractivity contribution in [1.29, 1.82) is 0 Å². The first-order valence-electron chi connectivity index (χ1n) is 8.61. The molecule has 0 saturated heterocycles. The third-order valence-corrected chi connectivity index (χ3v) is 5.27. The van der Waals surface area contributed by atoms with Gasteiger partial charge in [0.05, 0.1) is 10.0 Å². The molecule has 0 bridgehead atoms. The Bertz CT molecular complexity index is 1080. The lowest BCUT2D eigenvalue weighted by molar-refractivity contribution is -0.576. The average molecular weight is 430 g/mol. The fourth-order valence-electron chi connectivity index (χ4n) is 2.75. The van der Waals surface area contributed by atoms with Gasteiger partial charge in [0, 0.05) is 22.9 Å². The number of aliphatic hydroxyl groups is 1. The fourth-order valence-corrected chi connectivity index (χ4v) is 3.36. The lowest BCUT2D eigenvalue weighted by Crippen LogP contribution is -2.38. The minimum absolute atomic E-state index is 0.000232. The predicted octanol–water partition coefficient (Wildman–Crippen LogP) is 6.22. The van der Waals surface area contributed by atoms with Gasteiger partial charge in [0.2, 0.25) is 0 Å². The van der Waals surface area contributed by atoms with Crippen molar-refractivity contribution in [2.75, 3.05) is 5.32 Å². The summed E-state index contributed by atoms with van der Waals surface area (Å²) in [5.41, 5.74) is 3.92. The second-order valence-corrected chi connectivity index (χ2v) is 7.61. The Morgan fingerprint density at radius 1 is 1.00 bits per heavy atom. The topological polar surface area (TPSA) is 36.1 Å². The van der Waals surface area contributed by atoms with E-state index in [0.717, 1.165) is 16.8 Å². The van der Waals surface area contributed by atoms with Gasteiger partial charge >= 0.3 is 0 Å². The maximum absolute atomic E-state index is 11.1. The lowest BCUT2D eigenvalue weighted by Gasteiger charge is -2.12. The van der Waals surface area contributed by atoms with Crippen molar-refractivity contribution in [3.05, 3.63) is 93.7 Å². The molecule has 0 aliphatic heterocycles. The molecule has 0 spiro atoms. The summed E-state index contributed by atoms with van der Waals surface area (Å²) >= 11 is 17.8. The van der Waals surface area contributed by atoms with Crippen molar-refractivity contribution in [2.45, 2.75) is 13.8 Å². The van der Waals surface area contributed by atoms with E-state index in [1.54, 1.807) is 22.8 Å². The first-order valence-corrected chi connectivity index (χ1v) is 9.77. The molecule has 2 N–H and O–H groups in total. The Kier molecular flexibility index (Phi) is 6.35. The predicted molar refractivity (Wildman–Crippen MR) is 121 cm³/mol. The Morgan fingerprint density at radius 2 is 1.75 bits per heavy atom. The van der Waals surface area contributed by atoms with Crippen LogP contribution in [0.25, 0.3) is 11.5 Å². The number of benzene rings is 2. The molecule has 0 saturated carbocycles. The van der Waals surface area contributed by atoms with Crippen LogP contribution in [0.2, 0.25) is 10.0 Å². The molecule has 3 rings (SSSR count). The molecule has 3 nitrogen and oxygen atoms in total. The van der Waals surface area contributed by atoms with Crippen LogP contribution in [0.5, 0.6) is 0 Å². The van der Waals surface area contributed by atoms with Crippen molar-refractivity contribution < 1.29 is 9.67 Å². The standard InChI is InChI=1S/C22H18Cl2N2OS/c1-14-6-5-11-26(13-14)20(21(27)16-9-10-17(23)18(24)12-16)22(28)25-19-8-4-3-7-15(19)2/h3-13H,1-2H3,(H-,25,27,28)/p+1. The number of anilines is 1. The first kappa shape index (κ1) is 20.3. The van der Waals surface area contributed by atoms with Crippen LogP contribution < -0.4 is 9.88 Å². The number of nitrogens with zero attached hydrogens (tertiary/aromatic N) is 1. The number of nitrogens with one attached hydrogen (secondary N) is 1. The van der Waals surface area contributed by atoms with Crippen LogP contribution in [0.3, 0.4) is 0 Å². The highest BCUT2D eigenvalue weighted by atomic mass is 35.5. The maximum Gasteiger partial charge on any atom is 0.288 e. The number of aliphatic hydroxyl groups excluding tert-OH is 1. The van der Waals surface area contributed by atoms with Gasteiger partial charge in [-0.25, -0.2) is 0 Å². The normalized spacial score (nSPS) is 11.7. The minimum atomic E-state index is 0.000232. The highest BCUT2D eigenvalue weighted by molar-refractivity contribution is 7.81. The monoisotopic (exact) mass is 429 g/mol. The van der Waals surface area contributed by atoms with E-state index in [1.807, 2.05) is 62.6 Å². The molecule has 1 aromatic heterocycles. The molecule has 0 aliphatic rings. The molecule has 0 unspecified atom stereocenters. The number of rotatable bonds is 4. The second-order valence-electron chi connectivity index (χ2n) is 6.38. The van der Waals surface area contributed by atoms with Crippen LogP contribution >= 0.6 is 35.4 Å². The number of aryl methyl sites for hydroxylation is 2. The molecule has 0 radical (unpaired) electrons. The first-order chi connectivity index (χ1) is 13.4. The van der Waals surface area contributed by atoms with Gasteiger partial charge in [-0.1, -0.05) is 53.6 Å². The Morgan fingerprint density at radius 3 is 2.43 bits per heavy atom. The van der Waals surface area contributed by atoms with Crippen LogP contribution in [0.1, 0.15) is 16.7 Å². The van der Waals surface area contributed by atoms with Gasteiger partial charge in [0.1, 0.15) is 0 Å². The fraction of sp³-hybridized carbons (Fsp3) is 0.0909. The van der Waals surface area contributed by atoms with Gasteiger partial charge < -0.3 is 10.4 Å². The summed E-state index contributed by atoms with van der Waals surface area (Å²) in [6.07, 6.45) is 3.73. The third-order valence-electron chi connectivity index (χ3n) is 4.23. The summed E-state index contributed by atoms with van der Waals surface area (Å²) in [6.45, 7) is 3.97. The molecule has 1 heterocycles. The van der Waals surface area contributed by atoms with E-state index in [4.69, 9.17) is 35.4 Å². The summed E-state index contributed by atoms with van der Waals surface area (Å²) in [6, 6.07) is 16.7. The van der Waals surface area contributed by atoms with Crippen LogP contribution in [0.15, 0.2) is 67.0 Å². The summed E-state index contributed by atoms with van der Waals surface area (Å²) in [7, 11) is 0. The summed E-state index contributed by atoms with van der Waals surface area (Å²) in [5.74, 6) is 0.000232. The van der Waals surface area contributed by atoms with Crippen molar-refractivity contribution in [3.8, 4) is 0 Å². The van der Waals surface area contributed by atoms with Crippen LogP contribution in [0, 0.1) is 13.8 Å². The van der Waals surface area contributed by atoms with Gasteiger partial charge in [-0.2, -0.15) is 4.57 Å². The van der Waals surface area contributed by atoms with Gasteiger partial charge in [0.25, 0.3) is 5.70 Å². The van der Waals surface area contributed by atoms with E-state index in [9.17, 15) is 5.11 Å². The van der Waals surface area contributed by atoms with Gasteiger partial charge in [0.15, 0.2) is 23.1 Å². The van der Waals surface area contributed by atoms with E-state index in [-0.39, 0.29) is 5.76 Å². The van der Waals surface area contributed by atoms with Gasteiger partial charge in [-0.15, -0.1) is 0 Å². The minimum Gasteiger partial charge on any atom is -0.502 e. The zero-order valence-electron chi connectivity index (χ0n) is 15.4. The number of halogens is 2. The van der Waals surface area contributed by atoms with Crippen molar-refractivity contribution in [3.63, 3.8) is 0 Å². The van der Waals surface area contributed by atoms with Crippen molar-refractivity contribution in [2.24, 2.45) is 0 Å². The molecular formula is C22H19Cl2N2OS+. The summed E-state index contributed by atoms with van der Waals surface area (Å²) in [5, 5.41) is 15.1. The summed E-state index contributed by atoms with van der Waals surface area (Å²) in [4.78, 5) is 0.383. The number of thiocarbonyl (C=S) groups is 1. The maximum atomic E-state index is 11.1. The zero-order valence-corrected chi connectivity index (χ0v) is 17.7. The number of hydrogen-bond donors (Lipinski definition) is 2. The molecule has 0 fully saturated rings. The molecule has 0 aliphatic carbocycles. The van der Waals surface area contributed by atoms with Gasteiger partial charge in [-0.3, -0.25) is 0 Å². The largest absolute Gasteiger partial charge is 0.502 e.